The second-order valence-electron chi connectivity index (χ2n) is 5.53. The molecule has 0 aliphatic carbocycles. The van der Waals surface area contributed by atoms with Gasteiger partial charge in [0, 0.05) is 16.7 Å². The fraction of sp³-hybridized carbons (Fsp3) is 0. The normalized spacial score (nSPS) is 11.0. The van der Waals surface area contributed by atoms with Gasteiger partial charge in [-0.3, -0.25) is 5.43 Å². The van der Waals surface area contributed by atoms with Crippen molar-refractivity contribution in [1.29, 1.82) is 0 Å². The Morgan fingerprint density at radius 1 is 0.741 bits per heavy atom. The number of anilines is 1. The third-order valence-corrected chi connectivity index (χ3v) is 3.67. The topological polar surface area (TPSA) is 49.1 Å². The van der Waals surface area contributed by atoms with Crippen LogP contribution in [0.4, 0.5) is 11.4 Å². The lowest BCUT2D eigenvalue weighted by molar-refractivity contribution is 1.22. The van der Waals surface area contributed by atoms with Gasteiger partial charge in [-0.1, -0.05) is 42.2 Å². The van der Waals surface area contributed by atoms with Crippen molar-refractivity contribution < 1.29 is 0 Å². The molecule has 3 aromatic rings. The zero-order valence-electron chi connectivity index (χ0n) is 14.5. The molecule has 0 heterocycles. The lowest BCUT2D eigenvalue weighted by Crippen LogP contribution is -2.01. The molecule has 0 saturated carbocycles. The highest BCUT2D eigenvalue weighted by molar-refractivity contribution is 5.99. The Balaban J connectivity index is 1.85. The molecule has 0 fully saturated rings. The van der Waals surface area contributed by atoms with Gasteiger partial charge in [-0.25, -0.2) is 0 Å². The van der Waals surface area contributed by atoms with E-state index in [9.17, 15) is 0 Å². The van der Waals surface area contributed by atoms with E-state index in [0.29, 0.717) is 11.5 Å². The predicted octanol–water partition coefficient (Wildman–Crippen LogP) is 5.21. The van der Waals surface area contributed by atoms with Crippen LogP contribution in [0.3, 0.4) is 0 Å². The van der Waals surface area contributed by atoms with Crippen LogP contribution in [0.25, 0.3) is 0 Å². The number of amidine groups is 1. The molecular formula is C23H16N4. The predicted molar refractivity (Wildman–Crippen MR) is 110 cm³/mol. The summed E-state index contributed by atoms with van der Waals surface area (Å²) in [6, 6.07) is 24.3. The van der Waals surface area contributed by atoms with Crippen LogP contribution in [0.15, 0.2) is 94.2 Å². The average Bonchev–Trinajstić information content (AvgIpc) is 2.75. The first kappa shape index (κ1) is 17.7. The van der Waals surface area contributed by atoms with Gasteiger partial charge in [0.05, 0.1) is 11.4 Å². The average molecular weight is 348 g/mol. The molecule has 4 nitrogen and oxygen atoms in total. The number of nitrogens with one attached hydrogen (secondary N) is 1. The van der Waals surface area contributed by atoms with Gasteiger partial charge < -0.3 is 0 Å². The summed E-state index contributed by atoms with van der Waals surface area (Å²) in [6.07, 6.45) is 10.7. The van der Waals surface area contributed by atoms with Gasteiger partial charge in [0.1, 0.15) is 0 Å². The minimum Gasteiger partial charge on any atom is -0.276 e. The Hall–Kier alpha value is -4.15. The summed E-state index contributed by atoms with van der Waals surface area (Å²) in [5.74, 6) is 5.61. The summed E-state index contributed by atoms with van der Waals surface area (Å²) in [7, 11) is 0. The third-order valence-electron chi connectivity index (χ3n) is 3.67. The van der Waals surface area contributed by atoms with Crippen molar-refractivity contribution >= 4 is 17.2 Å². The van der Waals surface area contributed by atoms with Crippen LogP contribution >= 0.6 is 0 Å². The molecule has 0 spiro atoms. The van der Waals surface area contributed by atoms with Crippen molar-refractivity contribution in [1.82, 2.24) is 0 Å². The van der Waals surface area contributed by atoms with Crippen LogP contribution in [0.2, 0.25) is 0 Å². The van der Waals surface area contributed by atoms with Crippen LogP contribution in [-0.2, 0) is 0 Å². The van der Waals surface area contributed by atoms with Crippen LogP contribution < -0.4 is 5.43 Å². The summed E-state index contributed by atoms with van der Waals surface area (Å²) in [5.41, 5.74) is 6.93. The zero-order valence-corrected chi connectivity index (χ0v) is 14.5. The van der Waals surface area contributed by atoms with E-state index in [2.05, 4.69) is 32.6 Å². The van der Waals surface area contributed by atoms with Gasteiger partial charge in [-0.15, -0.1) is 23.1 Å². The summed E-state index contributed by atoms with van der Waals surface area (Å²) in [4.78, 5) is 0. The van der Waals surface area contributed by atoms with Crippen molar-refractivity contribution in [2.45, 2.75) is 0 Å². The summed E-state index contributed by atoms with van der Waals surface area (Å²) < 4.78 is 0. The number of benzene rings is 3. The first-order valence-electron chi connectivity index (χ1n) is 8.23. The van der Waals surface area contributed by atoms with Crippen LogP contribution in [0.5, 0.6) is 0 Å². The molecule has 0 bridgehead atoms. The summed E-state index contributed by atoms with van der Waals surface area (Å²) >= 11 is 0. The number of hydrogen-bond acceptors (Lipinski definition) is 3. The van der Waals surface area contributed by atoms with E-state index in [1.807, 2.05) is 78.9 Å². The minimum atomic E-state index is 0.456. The van der Waals surface area contributed by atoms with Crippen LogP contribution in [-0.4, -0.2) is 5.84 Å². The highest BCUT2D eigenvalue weighted by Gasteiger charge is 2.02. The zero-order chi connectivity index (χ0) is 18.9. The van der Waals surface area contributed by atoms with Gasteiger partial charge in [-0.05, 0) is 48.5 Å². The van der Waals surface area contributed by atoms with Gasteiger partial charge >= 0.3 is 0 Å². The molecule has 27 heavy (non-hydrogen) atoms. The Morgan fingerprint density at radius 2 is 1.33 bits per heavy atom. The number of rotatable bonds is 4. The second-order valence-corrected chi connectivity index (χ2v) is 5.53. The Bertz CT molecular complexity index is 1030. The lowest BCUT2D eigenvalue weighted by atomic mass is 10.2. The number of nitrogens with zero attached hydrogens (tertiary/aromatic N) is 3. The first-order valence-corrected chi connectivity index (χ1v) is 8.23. The molecule has 1 N–H and O–H groups in total. The fourth-order valence-corrected chi connectivity index (χ4v) is 2.22. The number of azo groups is 1. The van der Waals surface area contributed by atoms with Crippen molar-refractivity contribution in [3.8, 4) is 24.7 Å². The fourth-order valence-electron chi connectivity index (χ4n) is 2.22. The summed E-state index contributed by atoms with van der Waals surface area (Å²) in [6.45, 7) is 0. The molecule has 0 radical (unpaired) electrons. The van der Waals surface area contributed by atoms with Crippen molar-refractivity contribution in [3.05, 3.63) is 95.6 Å². The SMILES string of the molecule is C#Cc1ccc(N=N/C(=N/Nc2ccc(C#C)cc2)c2ccccc2)cc1. The largest absolute Gasteiger partial charge is 0.276 e. The summed E-state index contributed by atoms with van der Waals surface area (Å²) in [5, 5.41) is 12.9. The Labute approximate surface area is 158 Å². The molecule has 0 aliphatic rings. The number of hydrazone groups is 1. The van der Waals surface area contributed by atoms with E-state index < -0.39 is 0 Å². The van der Waals surface area contributed by atoms with E-state index in [1.165, 1.54) is 0 Å². The molecule has 0 aliphatic heterocycles. The standard InChI is InChI=1S/C23H16N4/c1-3-18-10-14-21(15-11-18)24-26-23(20-8-6-5-7-9-20)27-25-22-16-12-19(4-2)13-17-22/h1-2,5-17,24H/b26-23+,27-25?. The maximum atomic E-state index is 5.37. The van der Waals surface area contributed by atoms with Crippen molar-refractivity contribution in [2.75, 3.05) is 5.43 Å². The molecule has 0 saturated heterocycles. The van der Waals surface area contributed by atoms with Gasteiger partial charge in [0.25, 0.3) is 0 Å². The van der Waals surface area contributed by atoms with Crippen LogP contribution in [0, 0.1) is 24.7 Å². The molecule has 0 unspecified atom stereocenters. The van der Waals surface area contributed by atoms with Crippen LogP contribution in [0.1, 0.15) is 16.7 Å². The van der Waals surface area contributed by atoms with E-state index in [0.717, 1.165) is 22.4 Å². The third kappa shape index (κ3) is 4.92. The lowest BCUT2D eigenvalue weighted by Gasteiger charge is -2.03. The van der Waals surface area contributed by atoms with E-state index in [1.54, 1.807) is 0 Å². The second kappa shape index (κ2) is 8.80. The highest BCUT2D eigenvalue weighted by atomic mass is 15.3. The molecule has 4 heteroatoms. The number of hydrogen-bond donors (Lipinski definition) is 1. The molecule has 0 amide bonds. The van der Waals surface area contributed by atoms with Gasteiger partial charge in [-0.2, -0.15) is 5.10 Å². The Kier molecular flexibility index (Phi) is 5.76. The Morgan fingerprint density at radius 3 is 1.93 bits per heavy atom. The minimum absolute atomic E-state index is 0.456. The molecule has 0 aromatic heterocycles. The van der Waals surface area contributed by atoms with E-state index in [-0.39, 0.29) is 0 Å². The monoisotopic (exact) mass is 348 g/mol. The van der Waals surface area contributed by atoms with Gasteiger partial charge in [0.2, 0.25) is 5.84 Å². The van der Waals surface area contributed by atoms with E-state index >= 15 is 0 Å². The van der Waals surface area contributed by atoms with Crippen molar-refractivity contribution in [3.63, 3.8) is 0 Å². The first-order chi connectivity index (χ1) is 13.3. The molecule has 0 atom stereocenters. The van der Waals surface area contributed by atoms with E-state index in [4.69, 9.17) is 12.8 Å². The highest BCUT2D eigenvalue weighted by Crippen LogP contribution is 2.15. The molecular weight excluding hydrogens is 332 g/mol. The molecule has 3 aromatic carbocycles. The smallest absolute Gasteiger partial charge is 0.201 e. The van der Waals surface area contributed by atoms with Gasteiger partial charge in [0.15, 0.2) is 0 Å². The maximum absolute atomic E-state index is 5.37. The number of terminal acetylenes is 2. The maximum Gasteiger partial charge on any atom is 0.201 e. The quantitative estimate of drug-likeness (QED) is 0.227. The molecule has 3 rings (SSSR count). The van der Waals surface area contributed by atoms with Crippen molar-refractivity contribution in [2.24, 2.45) is 15.3 Å². The molecule has 128 valence electrons.